The first kappa shape index (κ1) is 13.4. The summed E-state index contributed by atoms with van der Waals surface area (Å²) in [6.07, 6.45) is 3.37. The number of nitrogens with one attached hydrogen (secondary N) is 1. The maximum absolute atomic E-state index is 5.66. The molecule has 1 aromatic heterocycles. The highest BCUT2D eigenvalue weighted by Crippen LogP contribution is 2.33. The number of benzene rings is 1. The monoisotopic (exact) mass is 278 g/mol. The number of methoxy groups -OCH3 is 1. The molecule has 0 bridgehead atoms. The molecule has 0 radical (unpaired) electrons. The molecule has 2 rings (SSSR count). The van der Waals surface area contributed by atoms with Crippen LogP contribution in [0.4, 0.5) is 5.82 Å². The van der Waals surface area contributed by atoms with E-state index < -0.39 is 0 Å². The second kappa shape index (κ2) is 6.26. The summed E-state index contributed by atoms with van der Waals surface area (Å²) < 4.78 is 10.8. The number of anilines is 1. The van der Waals surface area contributed by atoms with Crippen LogP contribution in [0.3, 0.4) is 0 Å². The number of thioether (sulfide) groups is 1. The van der Waals surface area contributed by atoms with E-state index in [2.05, 4.69) is 15.4 Å². The molecule has 0 atom stereocenters. The van der Waals surface area contributed by atoms with Gasteiger partial charge in [-0.2, -0.15) is 4.98 Å². The average molecular weight is 278 g/mol. The van der Waals surface area contributed by atoms with Crippen molar-refractivity contribution in [3.8, 4) is 17.4 Å². The molecule has 100 valence electrons. The van der Waals surface area contributed by atoms with Gasteiger partial charge in [0, 0.05) is 4.90 Å². The third-order valence-electron chi connectivity index (χ3n) is 2.39. The van der Waals surface area contributed by atoms with Gasteiger partial charge in [-0.1, -0.05) is 0 Å². The Hall–Kier alpha value is -1.99. The van der Waals surface area contributed by atoms with Crippen molar-refractivity contribution < 1.29 is 9.47 Å². The Morgan fingerprint density at radius 2 is 1.95 bits per heavy atom. The molecule has 0 amide bonds. The highest BCUT2D eigenvalue weighted by atomic mass is 32.2. The van der Waals surface area contributed by atoms with Crippen molar-refractivity contribution in [2.75, 3.05) is 18.8 Å². The topological polar surface area (TPSA) is 82.3 Å². The second-order valence-corrected chi connectivity index (χ2v) is 4.36. The molecule has 0 saturated heterocycles. The first-order chi connectivity index (χ1) is 9.28. The number of ether oxygens (including phenoxy) is 2. The van der Waals surface area contributed by atoms with E-state index >= 15 is 0 Å². The maximum Gasteiger partial charge on any atom is 0.268 e. The lowest BCUT2D eigenvalue weighted by Gasteiger charge is -2.11. The van der Waals surface area contributed by atoms with Crippen LogP contribution in [0.1, 0.15) is 0 Å². The molecule has 0 aliphatic rings. The van der Waals surface area contributed by atoms with Gasteiger partial charge in [0.15, 0.2) is 5.82 Å². The minimum absolute atomic E-state index is 0.308. The fourth-order valence-electron chi connectivity index (χ4n) is 1.47. The lowest BCUT2D eigenvalue weighted by molar-refractivity contribution is 0.369. The average Bonchev–Trinajstić information content (AvgIpc) is 2.47. The van der Waals surface area contributed by atoms with E-state index in [1.54, 1.807) is 11.8 Å². The van der Waals surface area contributed by atoms with Crippen LogP contribution >= 0.6 is 11.8 Å². The summed E-state index contributed by atoms with van der Waals surface area (Å²) in [6, 6.07) is 7.66. The summed E-state index contributed by atoms with van der Waals surface area (Å²) >= 11 is 1.67. The van der Waals surface area contributed by atoms with Gasteiger partial charge >= 0.3 is 0 Å². The third kappa shape index (κ3) is 3.07. The molecule has 0 fully saturated rings. The van der Waals surface area contributed by atoms with Crippen molar-refractivity contribution in [3.63, 3.8) is 0 Å². The molecule has 0 aliphatic carbocycles. The molecule has 0 unspecified atom stereocenters. The molecule has 0 saturated carbocycles. The molecular formula is C12H14N4O2S. The van der Waals surface area contributed by atoms with Gasteiger partial charge in [0.1, 0.15) is 12.1 Å². The fourth-order valence-corrected chi connectivity index (χ4v) is 1.88. The van der Waals surface area contributed by atoms with E-state index in [1.165, 1.54) is 13.4 Å². The lowest BCUT2D eigenvalue weighted by atomic mass is 10.3. The first-order valence-corrected chi connectivity index (χ1v) is 6.68. The van der Waals surface area contributed by atoms with Gasteiger partial charge in [0.05, 0.1) is 7.11 Å². The molecule has 6 nitrogen and oxygen atoms in total. The van der Waals surface area contributed by atoms with E-state index in [-0.39, 0.29) is 0 Å². The van der Waals surface area contributed by atoms with Gasteiger partial charge in [0.2, 0.25) is 5.75 Å². The molecular weight excluding hydrogens is 264 g/mol. The maximum atomic E-state index is 5.66. The zero-order chi connectivity index (χ0) is 13.7. The van der Waals surface area contributed by atoms with Crippen LogP contribution in [0.5, 0.6) is 17.4 Å². The van der Waals surface area contributed by atoms with E-state index in [4.69, 9.17) is 15.3 Å². The Morgan fingerprint density at radius 1 is 1.21 bits per heavy atom. The third-order valence-corrected chi connectivity index (χ3v) is 3.13. The fraction of sp³-hybridized carbons (Fsp3) is 0.167. The Balaban J connectivity index is 2.26. The van der Waals surface area contributed by atoms with E-state index in [9.17, 15) is 0 Å². The summed E-state index contributed by atoms with van der Waals surface area (Å²) in [5.41, 5.74) is 2.43. The summed E-state index contributed by atoms with van der Waals surface area (Å²) in [5, 5.41) is 0. The second-order valence-electron chi connectivity index (χ2n) is 3.48. The highest BCUT2D eigenvalue weighted by molar-refractivity contribution is 7.98. The molecule has 2 aromatic rings. The van der Waals surface area contributed by atoms with E-state index in [1.807, 2.05) is 30.5 Å². The molecule has 1 aromatic carbocycles. The van der Waals surface area contributed by atoms with Crippen LogP contribution in [0, 0.1) is 0 Å². The van der Waals surface area contributed by atoms with Crippen molar-refractivity contribution in [2.24, 2.45) is 5.84 Å². The van der Waals surface area contributed by atoms with E-state index in [0.717, 1.165) is 4.90 Å². The smallest absolute Gasteiger partial charge is 0.268 e. The summed E-state index contributed by atoms with van der Waals surface area (Å²) in [7, 11) is 1.50. The van der Waals surface area contributed by atoms with Crippen molar-refractivity contribution in [1.82, 2.24) is 9.97 Å². The quantitative estimate of drug-likeness (QED) is 0.493. The molecule has 0 aliphatic heterocycles. The standard InChI is InChI=1S/C12H14N4O2S/c1-17-10-11(16-13)14-7-15-12(10)18-8-3-5-9(19-2)6-4-8/h3-7H,13H2,1-2H3,(H,14,15,16). The Kier molecular flexibility index (Phi) is 4.43. The number of rotatable bonds is 5. The minimum atomic E-state index is 0.308. The van der Waals surface area contributed by atoms with Gasteiger partial charge in [-0.3, -0.25) is 0 Å². The van der Waals surface area contributed by atoms with Gasteiger partial charge in [0.25, 0.3) is 5.88 Å². The molecule has 3 N–H and O–H groups in total. The van der Waals surface area contributed by atoms with Crippen LogP contribution in [0.2, 0.25) is 0 Å². The van der Waals surface area contributed by atoms with Gasteiger partial charge in [-0.15, -0.1) is 11.8 Å². The minimum Gasteiger partial charge on any atom is -0.489 e. The number of nitrogen functional groups attached to an aromatic ring is 1. The summed E-state index contributed by atoms with van der Waals surface area (Å²) in [4.78, 5) is 9.14. The van der Waals surface area contributed by atoms with Gasteiger partial charge < -0.3 is 14.9 Å². The predicted molar refractivity (Wildman–Crippen MR) is 74.7 cm³/mol. The highest BCUT2D eigenvalue weighted by Gasteiger charge is 2.13. The molecule has 1 heterocycles. The number of hydrogen-bond acceptors (Lipinski definition) is 7. The Labute approximate surface area is 115 Å². The van der Waals surface area contributed by atoms with Crippen LogP contribution in [-0.2, 0) is 0 Å². The Bertz CT molecular complexity index is 548. The molecule has 7 heteroatoms. The Morgan fingerprint density at radius 3 is 2.53 bits per heavy atom. The van der Waals surface area contributed by atoms with Crippen LogP contribution in [0.15, 0.2) is 35.5 Å². The lowest BCUT2D eigenvalue weighted by Crippen LogP contribution is -2.10. The summed E-state index contributed by atoms with van der Waals surface area (Å²) in [6.45, 7) is 0. The van der Waals surface area contributed by atoms with Crippen molar-refractivity contribution in [2.45, 2.75) is 4.90 Å². The van der Waals surface area contributed by atoms with Crippen molar-refractivity contribution in [1.29, 1.82) is 0 Å². The zero-order valence-corrected chi connectivity index (χ0v) is 11.4. The predicted octanol–water partition coefficient (Wildman–Crippen LogP) is 2.29. The largest absolute Gasteiger partial charge is 0.489 e. The number of hydrogen-bond donors (Lipinski definition) is 2. The van der Waals surface area contributed by atoms with Crippen molar-refractivity contribution >= 4 is 17.6 Å². The number of nitrogens with two attached hydrogens (primary N) is 1. The van der Waals surface area contributed by atoms with Crippen LogP contribution < -0.4 is 20.7 Å². The number of nitrogens with zero attached hydrogens (tertiary/aromatic N) is 2. The van der Waals surface area contributed by atoms with Gasteiger partial charge in [-0.05, 0) is 30.5 Å². The van der Waals surface area contributed by atoms with Crippen LogP contribution in [0.25, 0.3) is 0 Å². The zero-order valence-electron chi connectivity index (χ0n) is 10.6. The number of hydrazine groups is 1. The molecule has 0 spiro atoms. The first-order valence-electron chi connectivity index (χ1n) is 5.46. The van der Waals surface area contributed by atoms with Crippen molar-refractivity contribution in [3.05, 3.63) is 30.6 Å². The van der Waals surface area contributed by atoms with Crippen LogP contribution in [-0.4, -0.2) is 23.3 Å². The molecule has 19 heavy (non-hydrogen) atoms. The van der Waals surface area contributed by atoms with E-state index in [0.29, 0.717) is 23.2 Å². The number of aromatic nitrogens is 2. The van der Waals surface area contributed by atoms with Gasteiger partial charge in [-0.25, -0.2) is 10.8 Å². The summed E-state index contributed by atoms with van der Waals surface area (Å²) in [5.74, 6) is 7.05. The normalized spacial score (nSPS) is 10.1. The SMILES string of the molecule is COc1c(NN)ncnc1Oc1ccc(SC)cc1.